The Morgan fingerprint density at radius 3 is 2.20 bits per heavy atom. The van der Waals surface area contributed by atoms with Crippen molar-refractivity contribution in [3.05, 3.63) is 37.9 Å². The van der Waals surface area contributed by atoms with Crippen molar-refractivity contribution >= 4 is 23.1 Å². The molecule has 15 heavy (non-hydrogen) atoms. The molecule has 0 atom stereocenters. The predicted molar refractivity (Wildman–Crippen MR) is 56.3 cm³/mol. The Kier molecular flexibility index (Phi) is 3.25. The second-order valence-electron chi connectivity index (χ2n) is 2.77. The van der Waals surface area contributed by atoms with Crippen molar-refractivity contribution < 1.29 is 9.85 Å². The van der Waals surface area contributed by atoms with Crippen LogP contribution in [0.1, 0.15) is 5.56 Å². The average Bonchev–Trinajstić information content (AvgIpc) is 2.16. The molecule has 0 fully saturated rings. The summed E-state index contributed by atoms with van der Waals surface area (Å²) in [6.07, 6.45) is 1.76. The minimum atomic E-state index is -0.741. The maximum atomic E-state index is 10.7. The van der Waals surface area contributed by atoms with E-state index in [4.69, 9.17) is 0 Å². The van der Waals surface area contributed by atoms with Gasteiger partial charge in [-0.1, -0.05) is 0 Å². The van der Waals surface area contributed by atoms with Crippen molar-refractivity contribution in [3.63, 3.8) is 0 Å². The topological polar surface area (TPSA) is 86.3 Å². The number of nitro groups is 2. The van der Waals surface area contributed by atoms with Gasteiger partial charge in [0, 0.05) is 16.5 Å². The van der Waals surface area contributed by atoms with Crippen molar-refractivity contribution in [3.8, 4) is 0 Å². The highest BCUT2D eigenvalue weighted by molar-refractivity contribution is 7.98. The molecule has 0 aliphatic carbocycles. The van der Waals surface area contributed by atoms with Crippen molar-refractivity contribution in [2.45, 2.75) is 11.8 Å². The second kappa shape index (κ2) is 4.26. The van der Waals surface area contributed by atoms with Gasteiger partial charge in [0.15, 0.2) is 0 Å². The van der Waals surface area contributed by atoms with Crippen molar-refractivity contribution in [1.29, 1.82) is 0 Å². The van der Waals surface area contributed by atoms with Gasteiger partial charge in [-0.2, -0.15) is 0 Å². The van der Waals surface area contributed by atoms with Crippen LogP contribution in [0.4, 0.5) is 11.4 Å². The van der Waals surface area contributed by atoms with E-state index in [2.05, 4.69) is 0 Å². The first kappa shape index (κ1) is 11.4. The minimum absolute atomic E-state index is 0.335. The summed E-state index contributed by atoms with van der Waals surface area (Å²) in [4.78, 5) is 20.5. The highest BCUT2D eigenvalue weighted by Gasteiger charge is 2.27. The van der Waals surface area contributed by atoms with Crippen LogP contribution < -0.4 is 0 Å². The van der Waals surface area contributed by atoms with E-state index < -0.39 is 21.2 Å². The largest absolute Gasteiger partial charge is 0.350 e. The number of nitro benzene ring substituents is 2. The summed E-state index contributed by atoms with van der Waals surface area (Å²) in [6.45, 7) is 1.51. The molecule has 0 radical (unpaired) electrons. The van der Waals surface area contributed by atoms with E-state index in [1.165, 1.54) is 24.8 Å². The molecule has 7 heteroatoms. The third-order valence-electron chi connectivity index (χ3n) is 1.96. The average molecular weight is 228 g/mol. The van der Waals surface area contributed by atoms with Crippen LogP contribution in [0.5, 0.6) is 0 Å². The number of hydrogen-bond acceptors (Lipinski definition) is 5. The molecule has 0 saturated carbocycles. The van der Waals surface area contributed by atoms with Gasteiger partial charge < -0.3 is 0 Å². The van der Waals surface area contributed by atoms with Crippen LogP contribution in [-0.4, -0.2) is 16.1 Å². The maximum Gasteiger partial charge on any atom is 0.350 e. The van der Waals surface area contributed by atoms with Gasteiger partial charge in [-0.05, 0) is 19.2 Å². The zero-order valence-electron chi connectivity index (χ0n) is 8.09. The van der Waals surface area contributed by atoms with E-state index in [0.717, 1.165) is 6.07 Å². The summed E-state index contributed by atoms with van der Waals surface area (Å²) in [5, 5.41) is 21.3. The Morgan fingerprint density at radius 1 is 1.20 bits per heavy atom. The van der Waals surface area contributed by atoms with Crippen molar-refractivity contribution in [2.75, 3.05) is 6.26 Å². The van der Waals surface area contributed by atoms with Gasteiger partial charge in [0.2, 0.25) is 0 Å². The first-order valence-corrected chi connectivity index (χ1v) is 5.18. The number of thioether (sulfide) groups is 1. The van der Waals surface area contributed by atoms with Crippen LogP contribution in [0.25, 0.3) is 0 Å². The number of nitrogens with zero attached hydrogens (tertiary/aromatic N) is 2. The number of rotatable bonds is 3. The van der Waals surface area contributed by atoms with Crippen LogP contribution in [0.2, 0.25) is 0 Å². The lowest BCUT2D eigenvalue weighted by Crippen LogP contribution is -1.99. The smallest absolute Gasteiger partial charge is 0.258 e. The molecule has 0 amide bonds. The fraction of sp³-hybridized carbons (Fsp3) is 0.250. The molecule has 0 saturated heterocycles. The number of hydrogen-bond donors (Lipinski definition) is 0. The lowest BCUT2D eigenvalue weighted by atomic mass is 10.2. The molecule has 0 spiro atoms. The molecule has 0 unspecified atom stereocenters. The molecule has 6 nitrogen and oxygen atoms in total. The lowest BCUT2D eigenvalue weighted by Gasteiger charge is -2.03. The highest BCUT2D eigenvalue weighted by Crippen LogP contribution is 2.35. The Hall–Kier alpha value is -1.63. The third kappa shape index (κ3) is 2.07. The van der Waals surface area contributed by atoms with Crippen LogP contribution in [0.3, 0.4) is 0 Å². The van der Waals surface area contributed by atoms with Gasteiger partial charge in [0.1, 0.15) is 0 Å². The first-order chi connectivity index (χ1) is 6.99. The molecule has 0 aliphatic heterocycles. The van der Waals surface area contributed by atoms with Gasteiger partial charge >= 0.3 is 11.4 Å². The van der Waals surface area contributed by atoms with Gasteiger partial charge in [0.05, 0.1) is 9.85 Å². The van der Waals surface area contributed by atoms with Crippen LogP contribution >= 0.6 is 11.8 Å². The molecule has 0 bridgehead atoms. The molecule has 0 aliphatic rings. The van der Waals surface area contributed by atoms with Crippen LogP contribution in [0, 0.1) is 27.2 Å². The van der Waals surface area contributed by atoms with Crippen molar-refractivity contribution in [1.82, 2.24) is 0 Å². The quantitative estimate of drug-likeness (QED) is 0.450. The van der Waals surface area contributed by atoms with Gasteiger partial charge in [-0.15, -0.1) is 11.8 Å². The zero-order chi connectivity index (χ0) is 11.6. The third-order valence-corrected chi connectivity index (χ3v) is 2.84. The molecule has 80 valence electrons. The summed E-state index contributed by atoms with van der Waals surface area (Å²) < 4.78 is 0. The van der Waals surface area contributed by atoms with Gasteiger partial charge in [0.25, 0.3) is 0 Å². The summed E-state index contributed by atoms with van der Waals surface area (Å²) in [6, 6.07) is 2.68. The summed E-state index contributed by atoms with van der Waals surface area (Å²) in [7, 11) is 0. The van der Waals surface area contributed by atoms with E-state index in [0.29, 0.717) is 10.5 Å². The summed E-state index contributed by atoms with van der Waals surface area (Å²) in [5.41, 5.74) is -0.552. The molecular formula is C8H8N2O4S. The van der Waals surface area contributed by atoms with E-state index >= 15 is 0 Å². The molecule has 0 aromatic heterocycles. The van der Waals surface area contributed by atoms with E-state index in [1.807, 2.05) is 0 Å². The number of benzene rings is 1. The Bertz CT molecular complexity index is 433. The summed E-state index contributed by atoms with van der Waals surface area (Å²) >= 11 is 1.32. The minimum Gasteiger partial charge on any atom is -0.258 e. The van der Waals surface area contributed by atoms with Crippen molar-refractivity contribution in [2.24, 2.45) is 0 Å². The Labute approximate surface area is 89.6 Å². The fourth-order valence-corrected chi connectivity index (χ4v) is 1.87. The van der Waals surface area contributed by atoms with E-state index in [9.17, 15) is 20.2 Å². The molecule has 1 rings (SSSR count). The first-order valence-electron chi connectivity index (χ1n) is 3.95. The van der Waals surface area contributed by atoms with E-state index in [-0.39, 0.29) is 0 Å². The lowest BCUT2D eigenvalue weighted by molar-refractivity contribution is -0.423. The zero-order valence-corrected chi connectivity index (χ0v) is 8.91. The maximum absolute atomic E-state index is 10.7. The van der Waals surface area contributed by atoms with Gasteiger partial charge in [-0.3, -0.25) is 20.2 Å². The normalized spacial score (nSPS) is 10.0. The monoisotopic (exact) mass is 228 g/mol. The molecule has 0 N–H and O–H groups in total. The van der Waals surface area contributed by atoms with E-state index in [1.54, 1.807) is 6.26 Å². The summed E-state index contributed by atoms with van der Waals surface area (Å²) in [5.74, 6) is 0. The predicted octanol–water partition coefficient (Wildman–Crippen LogP) is 2.53. The SMILES string of the molecule is CSc1ccc([N+](=O)[O-])c([N+](=O)[O-])c1C. The van der Waals surface area contributed by atoms with Gasteiger partial charge in [-0.25, -0.2) is 0 Å². The van der Waals surface area contributed by atoms with Crippen LogP contribution in [-0.2, 0) is 0 Å². The molecule has 0 heterocycles. The second-order valence-corrected chi connectivity index (χ2v) is 3.62. The standard InChI is InChI=1S/C8H8N2O4S/c1-5-7(15-2)4-3-6(9(11)12)8(5)10(13)14/h3-4H,1-2H3. The highest BCUT2D eigenvalue weighted by atomic mass is 32.2. The molecular weight excluding hydrogens is 220 g/mol. The van der Waals surface area contributed by atoms with Crippen LogP contribution in [0.15, 0.2) is 17.0 Å². The molecule has 1 aromatic carbocycles. The Morgan fingerprint density at radius 2 is 1.80 bits per heavy atom. The molecule has 1 aromatic rings. The fourth-order valence-electron chi connectivity index (χ4n) is 1.27. The Balaban J connectivity index is 3.51.